The van der Waals surface area contributed by atoms with Crippen molar-refractivity contribution in [2.45, 2.75) is 19.9 Å². The van der Waals surface area contributed by atoms with Gasteiger partial charge in [0, 0.05) is 6.54 Å². The largest absolute Gasteiger partial charge is 0.480 e. The van der Waals surface area contributed by atoms with Gasteiger partial charge in [0.1, 0.15) is 6.04 Å². The highest BCUT2D eigenvalue weighted by Crippen LogP contribution is 1.94. The van der Waals surface area contributed by atoms with Crippen molar-refractivity contribution in [3.8, 4) is 0 Å². The standard InChI is InChI=1S/C8H15NO2/c1-4-5-6-9(3)7(2)8(10)11/h4-5,7H,6H2,1-3H3,(H,10,11). The van der Waals surface area contributed by atoms with Crippen LogP contribution >= 0.6 is 0 Å². The number of carbonyl (C=O) groups is 1. The van der Waals surface area contributed by atoms with E-state index in [1.54, 1.807) is 18.9 Å². The molecule has 0 rings (SSSR count). The van der Waals surface area contributed by atoms with Gasteiger partial charge >= 0.3 is 5.97 Å². The first-order valence-corrected chi connectivity index (χ1v) is 3.63. The summed E-state index contributed by atoms with van der Waals surface area (Å²) in [5.41, 5.74) is 0. The van der Waals surface area contributed by atoms with Crippen molar-refractivity contribution in [3.05, 3.63) is 12.2 Å². The molecule has 0 saturated carbocycles. The molecule has 0 aliphatic carbocycles. The molecular weight excluding hydrogens is 142 g/mol. The van der Waals surface area contributed by atoms with E-state index in [9.17, 15) is 4.79 Å². The zero-order valence-electron chi connectivity index (χ0n) is 7.24. The van der Waals surface area contributed by atoms with E-state index >= 15 is 0 Å². The second-order valence-electron chi connectivity index (χ2n) is 2.52. The fourth-order valence-electron chi connectivity index (χ4n) is 0.618. The Hall–Kier alpha value is -0.830. The fraction of sp³-hybridized carbons (Fsp3) is 0.625. The molecule has 64 valence electrons. The lowest BCUT2D eigenvalue weighted by atomic mass is 10.3. The third-order valence-electron chi connectivity index (χ3n) is 1.65. The number of aliphatic carboxylic acids is 1. The molecule has 0 bridgehead atoms. The third-order valence-corrected chi connectivity index (χ3v) is 1.65. The van der Waals surface area contributed by atoms with Crippen LogP contribution in [0.25, 0.3) is 0 Å². The van der Waals surface area contributed by atoms with E-state index in [0.29, 0.717) is 6.54 Å². The van der Waals surface area contributed by atoms with Crippen LogP contribution in [0.15, 0.2) is 12.2 Å². The van der Waals surface area contributed by atoms with Crippen LogP contribution in [0.2, 0.25) is 0 Å². The number of rotatable bonds is 4. The van der Waals surface area contributed by atoms with Gasteiger partial charge in [-0.15, -0.1) is 0 Å². The smallest absolute Gasteiger partial charge is 0.320 e. The molecule has 11 heavy (non-hydrogen) atoms. The summed E-state index contributed by atoms with van der Waals surface area (Å²) >= 11 is 0. The van der Waals surface area contributed by atoms with Crippen LogP contribution in [0.1, 0.15) is 13.8 Å². The van der Waals surface area contributed by atoms with E-state index in [4.69, 9.17) is 5.11 Å². The lowest BCUT2D eigenvalue weighted by Crippen LogP contribution is -2.35. The molecule has 3 heteroatoms. The van der Waals surface area contributed by atoms with Crippen molar-refractivity contribution in [3.63, 3.8) is 0 Å². The van der Waals surface area contributed by atoms with E-state index in [2.05, 4.69) is 0 Å². The Balaban J connectivity index is 3.82. The van der Waals surface area contributed by atoms with Gasteiger partial charge in [-0.3, -0.25) is 9.69 Å². The van der Waals surface area contributed by atoms with Crippen molar-refractivity contribution < 1.29 is 9.90 Å². The van der Waals surface area contributed by atoms with E-state index < -0.39 is 12.0 Å². The predicted molar refractivity (Wildman–Crippen MR) is 44.5 cm³/mol. The normalized spacial score (nSPS) is 14.2. The number of hydrogen-bond acceptors (Lipinski definition) is 2. The van der Waals surface area contributed by atoms with Crippen LogP contribution in [-0.4, -0.2) is 35.6 Å². The lowest BCUT2D eigenvalue weighted by molar-refractivity contribution is -0.141. The van der Waals surface area contributed by atoms with Gasteiger partial charge in [0.05, 0.1) is 0 Å². The van der Waals surface area contributed by atoms with Gasteiger partial charge in [0.2, 0.25) is 0 Å². The number of carboxylic acid groups (broad SMARTS) is 1. The molecule has 1 unspecified atom stereocenters. The van der Waals surface area contributed by atoms with E-state index in [0.717, 1.165) is 0 Å². The molecule has 1 atom stereocenters. The first kappa shape index (κ1) is 10.2. The molecular formula is C8H15NO2. The van der Waals surface area contributed by atoms with Crippen molar-refractivity contribution in [1.29, 1.82) is 0 Å². The monoisotopic (exact) mass is 157 g/mol. The Morgan fingerprint density at radius 3 is 2.64 bits per heavy atom. The van der Waals surface area contributed by atoms with Crippen LogP contribution in [0, 0.1) is 0 Å². The van der Waals surface area contributed by atoms with Crippen LogP contribution in [0.5, 0.6) is 0 Å². The summed E-state index contributed by atoms with van der Waals surface area (Å²) in [6.45, 7) is 4.27. The van der Waals surface area contributed by atoms with Gasteiger partial charge < -0.3 is 5.11 Å². The Kier molecular flexibility index (Phi) is 4.54. The van der Waals surface area contributed by atoms with Gasteiger partial charge in [-0.2, -0.15) is 0 Å². The van der Waals surface area contributed by atoms with Crippen LogP contribution in [0.3, 0.4) is 0 Å². The predicted octanol–water partition coefficient (Wildman–Crippen LogP) is 0.967. The second kappa shape index (κ2) is 4.91. The minimum absolute atomic E-state index is 0.411. The maximum Gasteiger partial charge on any atom is 0.320 e. The van der Waals surface area contributed by atoms with Gasteiger partial charge in [-0.25, -0.2) is 0 Å². The molecule has 0 fully saturated rings. The molecule has 0 aromatic carbocycles. The number of hydrogen-bond donors (Lipinski definition) is 1. The Morgan fingerprint density at radius 1 is 1.73 bits per heavy atom. The summed E-state index contributed by atoms with van der Waals surface area (Å²) in [6, 6.07) is -0.411. The molecule has 0 aliphatic rings. The maximum atomic E-state index is 10.4. The summed E-state index contributed by atoms with van der Waals surface area (Å²) in [6.07, 6.45) is 3.84. The van der Waals surface area contributed by atoms with Crippen molar-refractivity contribution in [2.75, 3.05) is 13.6 Å². The number of likely N-dealkylation sites (N-methyl/N-ethyl adjacent to an activating group) is 1. The summed E-state index contributed by atoms with van der Waals surface area (Å²) < 4.78 is 0. The molecule has 1 N–H and O–H groups in total. The summed E-state index contributed by atoms with van der Waals surface area (Å²) in [5, 5.41) is 8.59. The Labute approximate surface area is 67.3 Å². The minimum atomic E-state index is -0.781. The number of allylic oxidation sites excluding steroid dienone is 1. The molecule has 0 aromatic rings. The second-order valence-corrected chi connectivity index (χ2v) is 2.52. The SMILES string of the molecule is CC=CCN(C)C(C)C(=O)O. The zero-order valence-corrected chi connectivity index (χ0v) is 7.24. The average molecular weight is 157 g/mol. The van der Waals surface area contributed by atoms with E-state index in [1.807, 2.05) is 19.1 Å². The molecule has 0 radical (unpaired) electrons. The summed E-state index contributed by atoms with van der Waals surface area (Å²) in [5.74, 6) is -0.781. The maximum absolute atomic E-state index is 10.4. The quantitative estimate of drug-likeness (QED) is 0.618. The van der Waals surface area contributed by atoms with Crippen molar-refractivity contribution in [2.24, 2.45) is 0 Å². The number of nitrogens with zero attached hydrogens (tertiary/aromatic N) is 1. The lowest BCUT2D eigenvalue weighted by Gasteiger charge is -2.18. The van der Waals surface area contributed by atoms with Gasteiger partial charge in [-0.1, -0.05) is 12.2 Å². The van der Waals surface area contributed by atoms with E-state index in [-0.39, 0.29) is 0 Å². The van der Waals surface area contributed by atoms with Crippen LogP contribution in [-0.2, 0) is 4.79 Å². The molecule has 0 spiro atoms. The third kappa shape index (κ3) is 3.78. The highest BCUT2D eigenvalue weighted by Gasteiger charge is 2.14. The Bertz CT molecular complexity index is 154. The Morgan fingerprint density at radius 2 is 2.27 bits per heavy atom. The molecule has 0 aliphatic heterocycles. The topological polar surface area (TPSA) is 40.5 Å². The average Bonchev–Trinajstić information content (AvgIpc) is 1.98. The molecule has 0 heterocycles. The molecule has 0 saturated heterocycles. The van der Waals surface area contributed by atoms with Gasteiger partial charge in [0.15, 0.2) is 0 Å². The van der Waals surface area contributed by atoms with Crippen molar-refractivity contribution >= 4 is 5.97 Å². The van der Waals surface area contributed by atoms with Crippen LogP contribution < -0.4 is 0 Å². The van der Waals surface area contributed by atoms with E-state index in [1.165, 1.54) is 0 Å². The summed E-state index contributed by atoms with van der Waals surface area (Å²) in [4.78, 5) is 12.2. The highest BCUT2D eigenvalue weighted by atomic mass is 16.4. The summed E-state index contributed by atoms with van der Waals surface area (Å²) in [7, 11) is 1.79. The van der Waals surface area contributed by atoms with Crippen molar-refractivity contribution in [1.82, 2.24) is 4.90 Å². The molecule has 0 amide bonds. The highest BCUT2D eigenvalue weighted by molar-refractivity contribution is 5.72. The first-order valence-electron chi connectivity index (χ1n) is 3.63. The molecule has 0 aromatic heterocycles. The first-order chi connectivity index (χ1) is 5.09. The van der Waals surface area contributed by atoms with Gasteiger partial charge in [-0.05, 0) is 20.9 Å². The molecule has 3 nitrogen and oxygen atoms in total. The van der Waals surface area contributed by atoms with Crippen LogP contribution in [0.4, 0.5) is 0 Å². The minimum Gasteiger partial charge on any atom is -0.480 e. The van der Waals surface area contributed by atoms with Gasteiger partial charge in [0.25, 0.3) is 0 Å². The zero-order chi connectivity index (χ0) is 8.85. The number of carboxylic acids is 1. The fourth-order valence-corrected chi connectivity index (χ4v) is 0.618.